The molecule has 3 aromatic rings. The van der Waals surface area contributed by atoms with Crippen molar-refractivity contribution in [2.45, 2.75) is 114 Å². The summed E-state index contributed by atoms with van der Waals surface area (Å²) >= 11 is 0.742. The van der Waals surface area contributed by atoms with E-state index in [9.17, 15) is 27.9 Å². The molecule has 57 heavy (non-hydrogen) atoms. The number of carboxylic acid groups (broad SMARTS) is 1. The van der Waals surface area contributed by atoms with E-state index >= 15 is 8.78 Å². The lowest BCUT2D eigenvalue weighted by Gasteiger charge is -2.42. The molecule has 2 unspecified atom stereocenters. The maximum absolute atomic E-state index is 15.3. The molecule has 1 aromatic carbocycles. The largest absolute Gasteiger partial charge is 0.490 e. The van der Waals surface area contributed by atoms with E-state index in [0.717, 1.165) is 93.9 Å². The fraction of sp³-hybridized carbons (Fsp3) is 0.650. The number of hydrogen-bond acceptors (Lipinski definition) is 10. The van der Waals surface area contributed by atoms with Crippen LogP contribution in [0.25, 0.3) is 0 Å². The lowest BCUT2D eigenvalue weighted by Crippen LogP contribution is -2.38. The molecule has 4 fully saturated rings. The molecule has 1 amide bonds. The van der Waals surface area contributed by atoms with Crippen LogP contribution < -0.4 is 19.9 Å². The molecule has 2 bridgehead atoms. The Kier molecular flexibility index (Phi) is 10.8. The molecule has 11 nitrogen and oxygen atoms in total. The fourth-order valence-corrected chi connectivity index (χ4v) is 11.2. The number of piperidine rings is 1. The third kappa shape index (κ3) is 8.54. The number of aliphatic carboxylic acids is 1. The van der Waals surface area contributed by atoms with E-state index in [4.69, 9.17) is 4.74 Å². The van der Waals surface area contributed by atoms with Crippen LogP contribution in [-0.4, -0.2) is 68.6 Å². The van der Waals surface area contributed by atoms with Crippen LogP contribution in [0, 0.1) is 23.7 Å². The summed E-state index contributed by atoms with van der Waals surface area (Å²) in [4.78, 5) is 41.1. The van der Waals surface area contributed by atoms with Crippen LogP contribution >= 0.6 is 11.5 Å². The number of alkyl halides is 5. The Balaban J connectivity index is 0.960. The Morgan fingerprint density at radius 3 is 2.33 bits per heavy atom. The molecule has 2 aromatic heterocycles. The van der Waals surface area contributed by atoms with E-state index in [1.165, 1.54) is 6.20 Å². The molecule has 3 saturated carbocycles. The molecule has 0 radical (unpaired) electrons. The number of aromatic nitrogens is 4. The highest BCUT2D eigenvalue weighted by Crippen LogP contribution is 2.52. The zero-order chi connectivity index (χ0) is 40.1. The number of carboxylic acids is 1. The van der Waals surface area contributed by atoms with Crippen molar-refractivity contribution in [2.24, 2.45) is 23.7 Å². The van der Waals surface area contributed by atoms with Gasteiger partial charge < -0.3 is 25.0 Å². The zero-order valence-corrected chi connectivity index (χ0v) is 32.7. The number of amides is 1. The summed E-state index contributed by atoms with van der Waals surface area (Å²) in [7, 11) is 0. The SMILES string of the molecule is CC(F)(F)c1nc(N2CC3(CCCCC3)c3cc(OC4CCN(c5nc(C(F)(F)F)ns5)CC4)ccc32)ncc1C(=O)NCC1CC2CC(CC(=O)O)CC(C1)C2. The van der Waals surface area contributed by atoms with Crippen LogP contribution in [0.2, 0.25) is 0 Å². The standard InChI is InChI=1S/C40H48F5N7O4S/c1-38(41,42)33-29(34(55)46-20-26-16-23-13-24(17-26)15-25(14-23)18-32(53)54)21-47-36(48-33)52-22-39(9-3-2-4-10-39)30-19-28(5-6-31(30)52)56-27-7-11-51(12-8-27)37-49-35(50-57-37)40(43,44)45/h5-6,19,21,23-27H,2-4,7-18,20,22H2,1H3,(H,46,55)(H,53,54). The number of nitrogens with one attached hydrogen (secondary N) is 1. The van der Waals surface area contributed by atoms with Gasteiger partial charge in [0.2, 0.25) is 16.9 Å². The molecule has 2 atom stereocenters. The van der Waals surface area contributed by atoms with Gasteiger partial charge in [-0.1, -0.05) is 19.3 Å². The molecule has 1 saturated heterocycles. The summed E-state index contributed by atoms with van der Waals surface area (Å²) in [5.41, 5.74) is 0.726. The molecule has 3 aliphatic carbocycles. The number of ether oxygens (including phenoxy) is 1. The number of rotatable bonds is 10. The lowest BCUT2D eigenvalue weighted by molar-refractivity contribution is -0.144. The topological polar surface area (TPSA) is 134 Å². The summed E-state index contributed by atoms with van der Waals surface area (Å²) in [5.74, 6) is -3.97. The molecule has 8 rings (SSSR count). The second-order valence-corrected chi connectivity index (χ2v) is 17.8. The summed E-state index contributed by atoms with van der Waals surface area (Å²) in [6.45, 7) is 2.56. The van der Waals surface area contributed by atoms with Gasteiger partial charge in [0.05, 0.1) is 5.56 Å². The van der Waals surface area contributed by atoms with Crippen molar-refractivity contribution in [3.8, 4) is 5.75 Å². The van der Waals surface area contributed by atoms with Crippen molar-refractivity contribution in [3.05, 3.63) is 47.0 Å². The van der Waals surface area contributed by atoms with Gasteiger partial charge in [0.1, 0.15) is 17.5 Å². The minimum Gasteiger partial charge on any atom is -0.490 e. The van der Waals surface area contributed by atoms with Crippen molar-refractivity contribution in [1.82, 2.24) is 24.6 Å². The lowest BCUT2D eigenvalue weighted by atomic mass is 9.64. The van der Waals surface area contributed by atoms with E-state index in [2.05, 4.69) is 24.6 Å². The highest BCUT2D eigenvalue weighted by Gasteiger charge is 2.46. The first-order valence-corrected chi connectivity index (χ1v) is 20.9. The Morgan fingerprint density at radius 1 is 0.982 bits per heavy atom. The smallest absolute Gasteiger partial charge is 0.452 e. The van der Waals surface area contributed by atoms with Crippen molar-refractivity contribution >= 4 is 40.2 Å². The monoisotopic (exact) mass is 817 g/mol. The highest BCUT2D eigenvalue weighted by molar-refractivity contribution is 7.09. The van der Waals surface area contributed by atoms with Crippen LogP contribution in [0.15, 0.2) is 24.4 Å². The van der Waals surface area contributed by atoms with Gasteiger partial charge >= 0.3 is 12.1 Å². The fourth-order valence-electron chi connectivity index (χ4n) is 10.4. The van der Waals surface area contributed by atoms with Crippen molar-refractivity contribution in [1.29, 1.82) is 0 Å². The van der Waals surface area contributed by atoms with Crippen LogP contribution in [0.4, 0.5) is 38.7 Å². The zero-order valence-electron chi connectivity index (χ0n) is 31.9. The van der Waals surface area contributed by atoms with E-state index in [1.54, 1.807) is 4.90 Å². The van der Waals surface area contributed by atoms with Crippen LogP contribution in [0.3, 0.4) is 0 Å². The Hall–Kier alpha value is -4.15. The van der Waals surface area contributed by atoms with Gasteiger partial charge in [-0.3, -0.25) is 9.59 Å². The van der Waals surface area contributed by atoms with Crippen molar-refractivity contribution < 1.29 is 41.4 Å². The number of fused-ring (bicyclic) bond motifs is 4. The predicted octanol–water partition coefficient (Wildman–Crippen LogP) is 8.51. The summed E-state index contributed by atoms with van der Waals surface area (Å²) < 4.78 is 79.7. The summed E-state index contributed by atoms with van der Waals surface area (Å²) in [5, 5.41) is 12.4. The number of nitrogens with zero attached hydrogens (tertiary/aromatic N) is 6. The average molecular weight is 818 g/mol. The molecule has 1 spiro atoms. The number of anilines is 3. The molecular formula is C40H48F5N7O4S. The quantitative estimate of drug-likeness (QED) is 0.192. The molecule has 308 valence electrons. The second-order valence-electron chi connectivity index (χ2n) is 17.1. The number of hydrogen-bond donors (Lipinski definition) is 2. The van der Waals surface area contributed by atoms with Crippen LogP contribution in [0.1, 0.15) is 118 Å². The second kappa shape index (κ2) is 15.6. The normalized spacial score (nSPS) is 25.0. The van der Waals surface area contributed by atoms with Gasteiger partial charge in [-0.2, -0.15) is 31.3 Å². The van der Waals surface area contributed by atoms with E-state index < -0.39 is 35.5 Å². The summed E-state index contributed by atoms with van der Waals surface area (Å²) in [6, 6.07) is 5.81. The van der Waals surface area contributed by atoms with E-state index in [1.807, 2.05) is 23.1 Å². The maximum Gasteiger partial charge on any atom is 0.452 e. The highest BCUT2D eigenvalue weighted by atomic mass is 32.1. The minimum absolute atomic E-state index is 0.106. The van der Waals surface area contributed by atoms with Crippen molar-refractivity contribution in [3.63, 3.8) is 0 Å². The first-order valence-electron chi connectivity index (χ1n) is 20.1. The number of halogens is 5. The molecule has 5 aliphatic rings. The summed E-state index contributed by atoms with van der Waals surface area (Å²) in [6.07, 6.45) is 7.36. The number of benzene rings is 1. The van der Waals surface area contributed by atoms with E-state index in [0.29, 0.717) is 56.6 Å². The molecule has 4 heterocycles. The van der Waals surface area contributed by atoms with Crippen LogP contribution in [-0.2, 0) is 22.3 Å². The molecule has 2 N–H and O–H groups in total. The molecular weight excluding hydrogens is 770 g/mol. The van der Waals surface area contributed by atoms with Gasteiger partial charge in [0.15, 0.2) is 0 Å². The molecule has 2 aliphatic heterocycles. The number of carbonyl (C=O) groups is 2. The van der Waals surface area contributed by atoms with Gasteiger partial charge in [-0.05, 0) is 92.4 Å². The number of carbonyl (C=O) groups excluding carboxylic acids is 1. The molecule has 17 heteroatoms. The van der Waals surface area contributed by atoms with Gasteiger partial charge in [0.25, 0.3) is 11.8 Å². The van der Waals surface area contributed by atoms with Crippen LogP contribution in [0.5, 0.6) is 5.75 Å². The third-order valence-electron chi connectivity index (χ3n) is 12.8. The van der Waals surface area contributed by atoms with Crippen molar-refractivity contribution in [2.75, 3.05) is 36.0 Å². The Labute approximate surface area is 332 Å². The Morgan fingerprint density at radius 2 is 1.68 bits per heavy atom. The van der Waals surface area contributed by atoms with Gasteiger partial charge in [-0.25, -0.2) is 9.97 Å². The third-order valence-corrected chi connectivity index (χ3v) is 13.6. The first kappa shape index (κ1) is 39.7. The predicted molar refractivity (Wildman–Crippen MR) is 202 cm³/mol. The minimum atomic E-state index is -4.58. The van der Waals surface area contributed by atoms with Gasteiger partial charge in [-0.15, -0.1) is 0 Å². The average Bonchev–Trinajstić information content (AvgIpc) is 3.78. The maximum atomic E-state index is 15.3. The van der Waals surface area contributed by atoms with E-state index in [-0.39, 0.29) is 46.4 Å². The first-order chi connectivity index (χ1) is 27.1. The Bertz CT molecular complexity index is 1950. The van der Waals surface area contributed by atoms with Gasteiger partial charge in [0, 0.05) is 81.2 Å².